The Balaban J connectivity index is 0.00000264. The molecule has 2 rings (SSSR count). The Hall–Kier alpha value is -1.84. The highest BCUT2D eigenvalue weighted by Crippen LogP contribution is 2.22. The van der Waals surface area contributed by atoms with Crippen LogP contribution in [0.4, 0.5) is 0 Å². The summed E-state index contributed by atoms with van der Waals surface area (Å²) < 4.78 is 5.50. The SMILES string of the molecule is COc1ccccc1C(=NCCCN(C)C)c1ccccc1.Cl. The quantitative estimate of drug-likeness (QED) is 0.567. The van der Waals surface area contributed by atoms with Crippen molar-refractivity contribution >= 4 is 18.1 Å². The van der Waals surface area contributed by atoms with Crippen LogP contribution in [-0.4, -0.2) is 44.9 Å². The molecule has 0 aliphatic rings. The van der Waals surface area contributed by atoms with E-state index in [0.717, 1.165) is 42.1 Å². The van der Waals surface area contributed by atoms with E-state index in [9.17, 15) is 0 Å². The minimum atomic E-state index is 0. The van der Waals surface area contributed by atoms with Crippen LogP contribution in [0.1, 0.15) is 17.5 Å². The second-order valence-corrected chi connectivity index (χ2v) is 5.45. The number of methoxy groups -OCH3 is 1. The molecule has 0 unspecified atom stereocenters. The van der Waals surface area contributed by atoms with Crippen molar-refractivity contribution in [1.29, 1.82) is 0 Å². The largest absolute Gasteiger partial charge is 0.496 e. The average molecular weight is 333 g/mol. The van der Waals surface area contributed by atoms with Crippen molar-refractivity contribution in [2.24, 2.45) is 4.99 Å². The summed E-state index contributed by atoms with van der Waals surface area (Å²) in [5.41, 5.74) is 3.16. The first-order valence-electron chi connectivity index (χ1n) is 7.60. The minimum absolute atomic E-state index is 0. The highest BCUT2D eigenvalue weighted by molar-refractivity contribution is 6.14. The van der Waals surface area contributed by atoms with E-state index in [4.69, 9.17) is 9.73 Å². The molecule has 0 heterocycles. The Morgan fingerprint density at radius 1 is 1.00 bits per heavy atom. The lowest BCUT2D eigenvalue weighted by atomic mass is 10.0. The lowest BCUT2D eigenvalue weighted by molar-refractivity contribution is 0.403. The Kier molecular flexibility index (Phi) is 8.38. The van der Waals surface area contributed by atoms with Crippen LogP contribution in [0.15, 0.2) is 59.6 Å². The fraction of sp³-hybridized carbons (Fsp3) is 0.316. The molecule has 2 aromatic carbocycles. The molecule has 0 bridgehead atoms. The predicted molar refractivity (Wildman–Crippen MR) is 100 cm³/mol. The van der Waals surface area contributed by atoms with Gasteiger partial charge >= 0.3 is 0 Å². The first-order chi connectivity index (χ1) is 10.7. The molecule has 0 aliphatic carbocycles. The molecule has 0 saturated heterocycles. The summed E-state index contributed by atoms with van der Waals surface area (Å²) in [7, 11) is 5.87. The van der Waals surface area contributed by atoms with Gasteiger partial charge in [-0.2, -0.15) is 0 Å². The van der Waals surface area contributed by atoms with E-state index < -0.39 is 0 Å². The van der Waals surface area contributed by atoms with Gasteiger partial charge in [-0.15, -0.1) is 12.4 Å². The summed E-state index contributed by atoms with van der Waals surface area (Å²) in [4.78, 5) is 7.04. The van der Waals surface area contributed by atoms with Crippen LogP contribution in [0.2, 0.25) is 0 Å². The van der Waals surface area contributed by atoms with E-state index in [-0.39, 0.29) is 12.4 Å². The highest BCUT2D eigenvalue weighted by Gasteiger charge is 2.11. The zero-order valence-electron chi connectivity index (χ0n) is 14.0. The van der Waals surface area contributed by atoms with Gasteiger partial charge in [0, 0.05) is 17.7 Å². The molecule has 23 heavy (non-hydrogen) atoms. The number of nitrogens with zero attached hydrogens (tertiary/aromatic N) is 2. The summed E-state index contributed by atoms with van der Waals surface area (Å²) in [5, 5.41) is 0. The Bertz CT molecular complexity index is 612. The third kappa shape index (κ3) is 5.70. The van der Waals surface area contributed by atoms with Gasteiger partial charge in [0.2, 0.25) is 0 Å². The Morgan fingerprint density at radius 3 is 2.30 bits per heavy atom. The molecule has 3 nitrogen and oxygen atoms in total. The second-order valence-electron chi connectivity index (χ2n) is 5.45. The molecule has 2 aromatic rings. The van der Waals surface area contributed by atoms with Gasteiger partial charge in [-0.25, -0.2) is 0 Å². The molecule has 0 N–H and O–H groups in total. The fourth-order valence-corrected chi connectivity index (χ4v) is 2.35. The van der Waals surface area contributed by atoms with Crippen molar-refractivity contribution in [2.45, 2.75) is 6.42 Å². The van der Waals surface area contributed by atoms with Gasteiger partial charge in [0.1, 0.15) is 5.75 Å². The van der Waals surface area contributed by atoms with Crippen molar-refractivity contribution in [3.8, 4) is 5.75 Å². The van der Waals surface area contributed by atoms with Crippen LogP contribution in [0.3, 0.4) is 0 Å². The maximum Gasteiger partial charge on any atom is 0.128 e. The monoisotopic (exact) mass is 332 g/mol. The Morgan fingerprint density at radius 2 is 1.65 bits per heavy atom. The first kappa shape index (κ1) is 19.2. The molecule has 0 aromatic heterocycles. The lowest BCUT2D eigenvalue weighted by Crippen LogP contribution is -2.14. The van der Waals surface area contributed by atoms with E-state index in [1.165, 1.54) is 0 Å². The normalized spacial score (nSPS) is 11.2. The van der Waals surface area contributed by atoms with E-state index in [1.807, 2.05) is 36.4 Å². The van der Waals surface area contributed by atoms with Gasteiger partial charge in [0.15, 0.2) is 0 Å². The third-order valence-electron chi connectivity index (χ3n) is 3.44. The average Bonchev–Trinajstić information content (AvgIpc) is 2.55. The topological polar surface area (TPSA) is 24.8 Å². The Labute approximate surface area is 145 Å². The third-order valence-corrected chi connectivity index (χ3v) is 3.44. The number of aliphatic imine (C=N–C) groups is 1. The van der Waals surface area contributed by atoms with E-state index in [2.05, 4.69) is 37.2 Å². The maximum absolute atomic E-state index is 5.50. The number of hydrogen-bond acceptors (Lipinski definition) is 3. The lowest BCUT2D eigenvalue weighted by Gasteiger charge is -2.12. The molecular formula is C19H25ClN2O. The number of hydrogen-bond donors (Lipinski definition) is 0. The number of rotatable bonds is 7. The molecular weight excluding hydrogens is 308 g/mol. The number of ether oxygens (including phenoxy) is 1. The summed E-state index contributed by atoms with van der Waals surface area (Å²) in [6.07, 6.45) is 1.04. The zero-order valence-corrected chi connectivity index (χ0v) is 14.8. The van der Waals surface area contributed by atoms with Gasteiger partial charge in [0.05, 0.1) is 12.8 Å². The van der Waals surface area contributed by atoms with Crippen molar-refractivity contribution < 1.29 is 4.74 Å². The molecule has 4 heteroatoms. The van der Waals surface area contributed by atoms with Crippen molar-refractivity contribution in [3.63, 3.8) is 0 Å². The van der Waals surface area contributed by atoms with Gasteiger partial charge in [-0.05, 0) is 39.2 Å². The maximum atomic E-state index is 5.50. The molecule has 0 fully saturated rings. The number of benzene rings is 2. The molecule has 124 valence electrons. The van der Waals surface area contributed by atoms with E-state index in [0.29, 0.717) is 0 Å². The highest BCUT2D eigenvalue weighted by atomic mass is 35.5. The van der Waals surface area contributed by atoms with Gasteiger partial charge in [-0.1, -0.05) is 42.5 Å². The molecule has 0 radical (unpaired) electrons. The smallest absolute Gasteiger partial charge is 0.128 e. The summed E-state index contributed by atoms with van der Waals surface area (Å²) in [6.45, 7) is 1.85. The molecule has 0 amide bonds. The van der Waals surface area contributed by atoms with Crippen LogP contribution in [0.5, 0.6) is 5.75 Å². The number of halogens is 1. The van der Waals surface area contributed by atoms with Crippen molar-refractivity contribution in [3.05, 3.63) is 65.7 Å². The van der Waals surface area contributed by atoms with E-state index in [1.54, 1.807) is 7.11 Å². The predicted octanol–water partition coefficient (Wildman–Crippen LogP) is 3.91. The van der Waals surface area contributed by atoms with Gasteiger partial charge in [0.25, 0.3) is 0 Å². The zero-order chi connectivity index (χ0) is 15.8. The standard InChI is InChI=1S/C19H24N2O.ClH/c1-21(2)15-9-14-20-19(16-10-5-4-6-11-16)17-12-7-8-13-18(17)22-3;/h4-8,10-13H,9,14-15H2,1-3H3;1H. The summed E-state index contributed by atoms with van der Waals surface area (Å²) in [5.74, 6) is 0.859. The second kappa shape index (κ2) is 10.0. The van der Waals surface area contributed by atoms with Crippen LogP contribution < -0.4 is 4.74 Å². The minimum Gasteiger partial charge on any atom is -0.496 e. The van der Waals surface area contributed by atoms with Gasteiger partial charge in [-0.3, -0.25) is 4.99 Å². The van der Waals surface area contributed by atoms with Crippen LogP contribution in [0, 0.1) is 0 Å². The molecule has 0 atom stereocenters. The molecule has 0 spiro atoms. The molecule has 0 saturated carbocycles. The van der Waals surface area contributed by atoms with Crippen LogP contribution >= 0.6 is 12.4 Å². The van der Waals surface area contributed by atoms with E-state index >= 15 is 0 Å². The van der Waals surface area contributed by atoms with Crippen LogP contribution in [-0.2, 0) is 0 Å². The first-order valence-corrected chi connectivity index (χ1v) is 7.60. The van der Waals surface area contributed by atoms with Crippen molar-refractivity contribution in [1.82, 2.24) is 4.90 Å². The number of para-hydroxylation sites is 1. The fourth-order valence-electron chi connectivity index (χ4n) is 2.35. The van der Waals surface area contributed by atoms with Gasteiger partial charge < -0.3 is 9.64 Å². The molecule has 0 aliphatic heterocycles. The summed E-state index contributed by atoms with van der Waals surface area (Å²) in [6, 6.07) is 18.3. The van der Waals surface area contributed by atoms with Crippen molar-refractivity contribution in [2.75, 3.05) is 34.3 Å². The van der Waals surface area contributed by atoms with Crippen LogP contribution in [0.25, 0.3) is 0 Å². The summed E-state index contributed by atoms with van der Waals surface area (Å²) >= 11 is 0.